The van der Waals surface area contributed by atoms with E-state index < -0.39 is 10.0 Å². The third-order valence-corrected chi connectivity index (χ3v) is 3.92. The van der Waals surface area contributed by atoms with Crippen molar-refractivity contribution in [3.8, 4) is 11.8 Å². The van der Waals surface area contributed by atoms with Gasteiger partial charge in [0, 0.05) is 5.69 Å². The third kappa shape index (κ3) is 3.94. The maximum Gasteiger partial charge on any atom is 0.238 e. The van der Waals surface area contributed by atoms with Gasteiger partial charge in [0.2, 0.25) is 10.0 Å². The molecule has 21 heavy (non-hydrogen) atoms. The average Bonchev–Trinajstić information content (AvgIpc) is 2.43. The lowest BCUT2D eigenvalue weighted by Crippen LogP contribution is -2.16. The van der Waals surface area contributed by atoms with E-state index in [2.05, 4.69) is 9.71 Å². The Balaban J connectivity index is 2.18. The normalized spacial score (nSPS) is 10.9. The number of aryl methyl sites for hydroxylation is 1. The first-order chi connectivity index (χ1) is 9.89. The van der Waals surface area contributed by atoms with E-state index in [1.54, 1.807) is 37.3 Å². The Morgan fingerprint density at radius 1 is 1.24 bits per heavy atom. The van der Waals surface area contributed by atoms with E-state index in [0.717, 1.165) is 0 Å². The predicted molar refractivity (Wildman–Crippen MR) is 78.0 cm³/mol. The zero-order valence-corrected chi connectivity index (χ0v) is 12.1. The molecule has 0 saturated carbocycles. The quantitative estimate of drug-likeness (QED) is 0.898. The Hall–Kier alpha value is -2.59. The highest BCUT2D eigenvalue weighted by Gasteiger charge is 2.15. The van der Waals surface area contributed by atoms with Crippen molar-refractivity contribution in [1.29, 1.82) is 5.26 Å². The summed E-state index contributed by atoms with van der Waals surface area (Å²) in [5.74, 6) is -0.596. The van der Waals surface area contributed by atoms with E-state index in [9.17, 15) is 13.5 Å². The van der Waals surface area contributed by atoms with Crippen LogP contribution in [0.3, 0.4) is 0 Å². The molecule has 1 aromatic carbocycles. The van der Waals surface area contributed by atoms with Crippen molar-refractivity contribution < 1.29 is 13.5 Å². The van der Waals surface area contributed by atoms with Crippen LogP contribution in [0.2, 0.25) is 0 Å². The van der Waals surface area contributed by atoms with Crippen LogP contribution < -0.4 is 4.72 Å². The molecule has 2 aromatic rings. The van der Waals surface area contributed by atoms with Crippen molar-refractivity contribution in [3.63, 3.8) is 0 Å². The largest absolute Gasteiger partial charge is 0.504 e. The molecule has 7 heteroatoms. The van der Waals surface area contributed by atoms with Gasteiger partial charge in [0.05, 0.1) is 17.4 Å². The highest BCUT2D eigenvalue weighted by Crippen LogP contribution is 2.22. The summed E-state index contributed by atoms with van der Waals surface area (Å²) in [6.45, 7) is 1.69. The highest BCUT2D eigenvalue weighted by molar-refractivity contribution is 7.91. The first kappa shape index (κ1) is 14.8. The summed E-state index contributed by atoms with van der Waals surface area (Å²) in [5, 5.41) is 18.3. The molecule has 0 radical (unpaired) electrons. The van der Waals surface area contributed by atoms with Gasteiger partial charge >= 0.3 is 0 Å². The summed E-state index contributed by atoms with van der Waals surface area (Å²) < 4.78 is 26.4. The molecule has 2 rings (SSSR count). The molecule has 108 valence electrons. The number of hydrogen-bond donors (Lipinski definition) is 2. The van der Waals surface area contributed by atoms with Crippen LogP contribution in [0.15, 0.2) is 36.4 Å². The number of anilines is 1. The van der Waals surface area contributed by atoms with Gasteiger partial charge in [-0.15, -0.1) is 0 Å². The molecule has 0 aliphatic carbocycles. The van der Waals surface area contributed by atoms with Crippen molar-refractivity contribution in [2.45, 2.75) is 12.7 Å². The van der Waals surface area contributed by atoms with Crippen LogP contribution >= 0.6 is 0 Å². The van der Waals surface area contributed by atoms with Crippen LogP contribution in [0.25, 0.3) is 0 Å². The number of rotatable bonds is 4. The lowest BCUT2D eigenvalue weighted by Gasteiger charge is -2.09. The fraction of sp³-hybridized carbons (Fsp3) is 0.143. The van der Waals surface area contributed by atoms with Gasteiger partial charge in [-0.05, 0) is 36.8 Å². The number of nitrogens with zero attached hydrogens (tertiary/aromatic N) is 2. The Labute approximate surface area is 122 Å². The van der Waals surface area contributed by atoms with Gasteiger partial charge in [-0.3, -0.25) is 4.72 Å². The van der Waals surface area contributed by atoms with Crippen molar-refractivity contribution in [2.75, 3.05) is 4.72 Å². The lowest BCUT2D eigenvalue weighted by molar-refractivity contribution is 0.475. The third-order valence-electron chi connectivity index (χ3n) is 2.71. The number of hydrogen-bond acceptors (Lipinski definition) is 5. The Bertz CT molecular complexity index is 793. The summed E-state index contributed by atoms with van der Waals surface area (Å²) in [4.78, 5) is 3.94. The van der Waals surface area contributed by atoms with Gasteiger partial charge in [-0.1, -0.05) is 12.1 Å². The molecule has 0 spiro atoms. The minimum absolute atomic E-state index is 0.0938. The minimum atomic E-state index is -3.70. The van der Waals surface area contributed by atoms with Crippen LogP contribution in [0.5, 0.6) is 5.75 Å². The molecule has 0 unspecified atom stereocenters. The topological polar surface area (TPSA) is 103 Å². The number of pyridine rings is 1. The van der Waals surface area contributed by atoms with E-state index in [-0.39, 0.29) is 17.3 Å². The second kappa shape index (κ2) is 5.81. The smallest absolute Gasteiger partial charge is 0.238 e. The summed E-state index contributed by atoms with van der Waals surface area (Å²) in [7, 11) is -3.70. The summed E-state index contributed by atoms with van der Waals surface area (Å²) >= 11 is 0. The Morgan fingerprint density at radius 3 is 2.52 bits per heavy atom. The second-order valence-electron chi connectivity index (χ2n) is 4.49. The van der Waals surface area contributed by atoms with Crippen LogP contribution in [0.1, 0.15) is 16.8 Å². The molecule has 6 nitrogen and oxygen atoms in total. The van der Waals surface area contributed by atoms with Crippen molar-refractivity contribution in [3.05, 3.63) is 53.2 Å². The molecule has 2 N–H and O–H groups in total. The van der Waals surface area contributed by atoms with E-state index in [0.29, 0.717) is 16.8 Å². The SMILES string of the molecule is Cc1ccc(O)c(NS(=O)(=O)Cc2ccc(C#N)cc2)n1. The van der Waals surface area contributed by atoms with Gasteiger partial charge in [0.15, 0.2) is 11.6 Å². The molecular weight excluding hydrogens is 290 g/mol. The summed E-state index contributed by atoms with van der Waals surface area (Å²) in [6, 6.07) is 11.2. The minimum Gasteiger partial charge on any atom is -0.504 e. The molecule has 0 amide bonds. The zero-order valence-electron chi connectivity index (χ0n) is 11.2. The number of benzene rings is 1. The number of aromatic hydroxyl groups is 1. The molecule has 0 bridgehead atoms. The van der Waals surface area contributed by atoms with Crippen LogP contribution in [0.4, 0.5) is 5.82 Å². The van der Waals surface area contributed by atoms with E-state index in [1.165, 1.54) is 6.07 Å². The monoisotopic (exact) mass is 303 g/mol. The molecule has 1 heterocycles. The molecule has 0 saturated heterocycles. The van der Waals surface area contributed by atoms with Gasteiger partial charge in [0.25, 0.3) is 0 Å². The van der Waals surface area contributed by atoms with E-state index in [4.69, 9.17) is 5.26 Å². The molecule has 1 aromatic heterocycles. The molecule has 0 fully saturated rings. The van der Waals surface area contributed by atoms with E-state index >= 15 is 0 Å². The fourth-order valence-electron chi connectivity index (χ4n) is 1.70. The maximum atomic E-state index is 12.1. The first-order valence-corrected chi connectivity index (χ1v) is 7.71. The van der Waals surface area contributed by atoms with Gasteiger partial charge < -0.3 is 5.11 Å². The van der Waals surface area contributed by atoms with Crippen molar-refractivity contribution in [1.82, 2.24) is 4.98 Å². The van der Waals surface area contributed by atoms with Gasteiger partial charge in [0.1, 0.15) is 0 Å². The van der Waals surface area contributed by atoms with Gasteiger partial charge in [-0.25, -0.2) is 13.4 Å². The standard InChI is InChI=1S/C14H13N3O3S/c1-10-2-7-13(18)14(16-10)17-21(19,20)9-12-5-3-11(8-15)4-6-12/h2-7,18H,9H2,1H3,(H,16,17). The molecule has 0 atom stereocenters. The molecular formula is C14H13N3O3S. The molecule has 0 aliphatic heterocycles. The van der Waals surface area contributed by atoms with Crippen LogP contribution in [0, 0.1) is 18.3 Å². The average molecular weight is 303 g/mol. The number of nitrogens with one attached hydrogen (secondary N) is 1. The highest BCUT2D eigenvalue weighted by atomic mass is 32.2. The number of nitriles is 1. The Kier molecular flexibility index (Phi) is 4.10. The number of sulfonamides is 1. The maximum absolute atomic E-state index is 12.1. The lowest BCUT2D eigenvalue weighted by atomic mass is 10.2. The van der Waals surface area contributed by atoms with Crippen molar-refractivity contribution in [2.24, 2.45) is 0 Å². The Morgan fingerprint density at radius 2 is 1.90 bits per heavy atom. The van der Waals surface area contributed by atoms with Crippen LogP contribution in [-0.4, -0.2) is 18.5 Å². The van der Waals surface area contributed by atoms with Crippen LogP contribution in [-0.2, 0) is 15.8 Å². The summed E-state index contributed by atoms with van der Waals surface area (Å²) in [5.41, 5.74) is 1.58. The zero-order chi connectivity index (χ0) is 15.5. The van der Waals surface area contributed by atoms with Gasteiger partial charge in [-0.2, -0.15) is 5.26 Å². The summed E-state index contributed by atoms with van der Waals surface area (Å²) in [6.07, 6.45) is 0. The predicted octanol–water partition coefficient (Wildman–Crippen LogP) is 1.91. The first-order valence-electron chi connectivity index (χ1n) is 6.06. The fourth-order valence-corrected chi connectivity index (χ4v) is 2.85. The molecule has 0 aliphatic rings. The second-order valence-corrected chi connectivity index (χ2v) is 6.21. The van der Waals surface area contributed by atoms with Crippen molar-refractivity contribution >= 4 is 15.8 Å². The van der Waals surface area contributed by atoms with E-state index in [1.807, 2.05) is 6.07 Å². The number of aromatic nitrogens is 1.